The van der Waals surface area contributed by atoms with Gasteiger partial charge in [0.25, 0.3) is 10.0 Å². The molecule has 0 spiro atoms. The van der Waals surface area contributed by atoms with E-state index in [1.165, 1.54) is 25.2 Å². The topological polar surface area (TPSA) is 86.4 Å². The summed E-state index contributed by atoms with van der Waals surface area (Å²) >= 11 is 1.13. The first-order chi connectivity index (χ1) is 15.3. The minimum absolute atomic E-state index is 0.187. The van der Waals surface area contributed by atoms with Gasteiger partial charge in [0.1, 0.15) is 10.0 Å². The summed E-state index contributed by atoms with van der Waals surface area (Å²) in [6.07, 6.45) is 3.45. The number of nitrogens with one attached hydrogen (secondary N) is 1. The van der Waals surface area contributed by atoms with E-state index in [4.69, 9.17) is 0 Å². The van der Waals surface area contributed by atoms with Crippen LogP contribution in [-0.2, 0) is 21.2 Å². The average molecular weight is 479 g/mol. The van der Waals surface area contributed by atoms with Gasteiger partial charge in [-0.25, -0.2) is 12.8 Å². The van der Waals surface area contributed by atoms with Gasteiger partial charge in [-0.15, -0.1) is 11.3 Å². The first-order valence-corrected chi connectivity index (χ1v) is 12.6. The Morgan fingerprint density at radius 2 is 1.94 bits per heavy atom. The van der Waals surface area contributed by atoms with E-state index in [0.29, 0.717) is 12.2 Å². The lowest BCUT2D eigenvalue weighted by molar-refractivity contribution is -0.129. The van der Waals surface area contributed by atoms with Crippen LogP contribution in [0.5, 0.6) is 0 Å². The monoisotopic (exact) mass is 478 g/mol. The number of thiophene rings is 1. The van der Waals surface area contributed by atoms with Crippen molar-refractivity contribution in [3.63, 3.8) is 0 Å². The zero-order valence-corrected chi connectivity index (χ0v) is 19.8. The number of unbranched alkanes of at least 4 members (excludes halogenated alkanes) is 2. The predicted molar refractivity (Wildman–Crippen MR) is 123 cm³/mol. The SMILES string of the molecule is CN(CCCCCc1cc(-c2cccc(F)c2)n[nH]1)C(=O)CN(C)S(=O)(=O)c1cccs1. The molecule has 0 fully saturated rings. The maximum absolute atomic E-state index is 13.4. The molecule has 1 N–H and O–H groups in total. The zero-order valence-electron chi connectivity index (χ0n) is 18.1. The van der Waals surface area contributed by atoms with Gasteiger partial charge in [0.2, 0.25) is 5.91 Å². The Morgan fingerprint density at radius 3 is 2.66 bits per heavy atom. The highest BCUT2D eigenvalue weighted by Gasteiger charge is 2.24. The quantitative estimate of drug-likeness (QED) is 0.425. The van der Waals surface area contributed by atoms with Crippen molar-refractivity contribution in [2.24, 2.45) is 0 Å². The second-order valence-electron chi connectivity index (χ2n) is 7.61. The first-order valence-electron chi connectivity index (χ1n) is 10.3. The summed E-state index contributed by atoms with van der Waals surface area (Å²) < 4.78 is 39.6. The number of likely N-dealkylation sites (N-methyl/N-ethyl adjacent to an activating group) is 2. The highest BCUT2D eigenvalue weighted by Crippen LogP contribution is 2.20. The van der Waals surface area contributed by atoms with Crippen LogP contribution in [0.15, 0.2) is 52.1 Å². The van der Waals surface area contributed by atoms with Crippen LogP contribution in [0.4, 0.5) is 4.39 Å². The van der Waals surface area contributed by atoms with Crippen LogP contribution in [0.1, 0.15) is 25.0 Å². The molecule has 0 bridgehead atoms. The van der Waals surface area contributed by atoms with Crippen LogP contribution in [0.2, 0.25) is 0 Å². The lowest BCUT2D eigenvalue weighted by Gasteiger charge is -2.21. The van der Waals surface area contributed by atoms with Crippen molar-refractivity contribution < 1.29 is 17.6 Å². The number of aromatic amines is 1. The standard InChI is InChI=1S/C22H27FN4O3S2/c1-26(21(28)16-27(2)32(29,30)22-11-7-13-31-22)12-5-3-4-10-19-15-20(25-24-19)17-8-6-9-18(23)14-17/h6-9,11,13-15H,3-5,10,12,16H2,1-2H3,(H,24,25). The number of amides is 1. The number of nitrogens with zero attached hydrogens (tertiary/aromatic N) is 3. The van der Waals surface area contributed by atoms with E-state index in [9.17, 15) is 17.6 Å². The third kappa shape index (κ3) is 6.24. The number of H-pyrrole nitrogens is 1. The number of benzene rings is 1. The number of sulfonamides is 1. The van der Waals surface area contributed by atoms with Crippen molar-refractivity contribution >= 4 is 27.3 Å². The first kappa shape index (κ1) is 24.1. The molecular formula is C22H27FN4O3S2. The molecule has 0 aliphatic carbocycles. The third-order valence-electron chi connectivity index (χ3n) is 5.13. The van der Waals surface area contributed by atoms with E-state index in [1.807, 2.05) is 12.1 Å². The fraction of sp³-hybridized carbons (Fsp3) is 0.364. The molecule has 0 saturated carbocycles. The summed E-state index contributed by atoms with van der Waals surface area (Å²) in [5.41, 5.74) is 2.43. The molecule has 0 aliphatic heterocycles. The van der Waals surface area contributed by atoms with E-state index in [0.717, 1.165) is 52.6 Å². The van der Waals surface area contributed by atoms with E-state index in [-0.39, 0.29) is 22.5 Å². The van der Waals surface area contributed by atoms with Gasteiger partial charge in [0.15, 0.2) is 0 Å². The molecule has 0 saturated heterocycles. The maximum Gasteiger partial charge on any atom is 0.252 e. The fourth-order valence-electron chi connectivity index (χ4n) is 3.21. The van der Waals surface area contributed by atoms with Gasteiger partial charge in [0, 0.05) is 31.9 Å². The Morgan fingerprint density at radius 1 is 1.12 bits per heavy atom. The second-order valence-corrected chi connectivity index (χ2v) is 10.8. The van der Waals surface area contributed by atoms with Crippen LogP contribution in [0, 0.1) is 5.82 Å². The Hall–Kier alpha value is -2.56. The maximum atomic E-state index is 13.4. The molecule has 3 aromatic rings. The molecule has 7 nitrogen and oxygen atoms in total. The van der Waals surface area contributed by atoms with Crippen molar-refractivity contribution in [1.29, 1.82) is 0 Å². The minimum atomic E-state index is -3.63. The largest absolute Gasteiger partial charge is 0.345 e. The van der Waals surface area contributed by atoms with Crippen molar-refractivity contribution in [1.82, 2.24) is 19.4 Å². The number of halogens is 1. The normalized spacial score (nSPS) is 11.8. The van der Waals surface area contributed by atoms with Crippen LogP contribution >= 0.6 is 11.3 Å². The van der Waals surface area contributed by atoms with Crippen LogP contribution in [0.3, 0.4) is 0 Å². The molecule has 2 aromatic heterocycles. The summed E-state index contributed by atoms with van der Waals surface area (Å²) in [6.45, 7) is 0.372. The lowest BCUT2D eigenvalue weighted by Crippen LogP contribution is -2.39. The number of hydrogen-bond donors (Lipinski definition) is 1. The van der Waals surface area contributed by atoms with Gasteiger partial charge in [-0.05, 0) is 48.9 Å². The molecule has 1 aromatic carbocycles. The number of carbonyl (C=O) groups excluding carboxylic acids is 1. The number of aryl methyl sites for hydroxylation is 1. The highest BCUT2D eigenvalue weighted by molar-refractivity contribution is 7.91. The Balaban J connectivity index is 1.38. The Bertz CT molecular complexity index is 1130. The fourth-order valence-corrected chi connectivity index (χ4v) is 5.53. The lowest BCUT2D eigenvalue weighted by atomic mass is 10.1. The summed E-state index contributed by atoms with van der Waals surface area (Å²) in [6, 6.07) is 11.5. The van der Waals surface area contributed by atoms with Crippen LogP contribution < -0.4 is 0 Å². The number of hydrogen-bond acceptors (Lipinski definition) is 5. The van der Waals surface area contributed by atoms with Gasteiger partial charge < -0.3 is 4.90 Å². The molecule has 1 amide bonds. The zero-order chi connectivity index (χ0) is 23.1. The van der Waals surface area contributed by atoms with E-state index >= 15 is 0 Å². The van der Waals surface area contributed by atoms with E-state index < -0.39 is 10.0 Å². The highest BCUT2D eigenvalue weighted by atomic mass is 32.2. The molecular weight excluding hydrogens is 451 g/mol. The number of rotatable bonds is 11. The molecule has 3 rings (SSSR count). The molecule has 32 heavy (non-hydrogen) atoms. The number of aromatic nitrogens is 2. The summed E-state index contributed by atoms with van der Waals surface area (Å²) in [5.74, 6) is -0.526. The molecule has 2 heterocycles. The van der Waals surface area contributed by atoms with Gasteiger partial charge in [0.05, 0.1) is 12.2 Å². The number of carbonyl (C=O) groups is 1. The van der Waals surface area contributed by atoms with Crippen molar-refractivity contribution in [2.45, 2.75) is 29.9 Å². The minimum Gasteiger partial charge on any atom is -0.345 e. The Labute approximate surface area is 191 Å². The second kappa shape index (κ2) is 10.8. The van der Waals surface area contributed by atoms with Crippen molar-refractivity contribution in [2.75, 3.05) is 27.2 Å². The predicted octanol–water partition coefficient (Wildman–Crippen LogP) is 3.77. The average Bonchev–Trinajstić information content (AvgIpc) is 3.46. The molecule has 10 heteroatoms. The summed E-state index contributed by atoms with van der Waals surface area (Å²) in [7, 11) is -0.522. The van der Waals surface area contributed by atoms with Gasteiger partial charge in [-0.2, -0.15) is 9.40 Å². The van der Waals surface area contributed by atoms with Crippen molar-refractivity contribution in [3.8, 4) is 11.3 Å². The van der Waals surface area contributed by atoms with Gasteiger partial charge in [-0.1, -0.05) is 24.6 Å². The van der Waals surface area contributed by atoms with E-state index in [1.54, 1.807) is 29.5 Å². The van der Waals surface area contributed by atoms with Crippen LogP contribution in [0.25, 0.3) is 11.3 Å². The molecule has 0 radical (unpaired) electrons. The van der Waals surface area contributed by atoms with Gasteiger partial charge >= 0.3 is 0 Å². The smallest absolute Gasteiger partial charge is 0.252 e. The molecule has 172 valence electrons. The Kier molecular flexibility index (Phi) is 8.16. The molecule has 0 aliphatic rings. The van der Waals surface area contributed by atoms with Crippen LogP contribution in [-0.4, -0.2) is 60.9 Å². The summed E-state index contributed by atoms with van der Waals surface area (Å²) in [4.78, 5) is 14.0. The van der Waals surface area contributed by atoms with Crippen molar-refractivity contribution in [3.05, 3.63) is 59.4 Å². The summed E-state index contributed by atoms with van der Waals surface area (Å²) in [5, 5.41) is 8.93. The molecule has 0 unspecified atom stereocenters. The molecule has 0 atom stereocenters. The van der Waals surface area contributed by atoms with Gasteiger partial charge in [-0.3, -0.25) is 9.89 Å². The van der Waals surface area contributed by atoms with E-state index in [2.05, 4.69) is 10.2 Å². The third-order valence-corrected chi connectivity index (χ3v) is 8.31.